The number of nitrogens with zero attached hydrogens (tertiary/aromatic N) is 4. The van der Waals surface area contributed by atoms with Crippen LogP contribution in [-0.4, -0.2) is 39.5 Å². The predicted molar refractivity (Wildman–Crippen MR) is 69.1 cm³/mol. The van der Waals surface area contributed by atoms with E-state index in [2.05, 4.69) is 53.8 Å². The fourth-order valence-electron chi connectivity index (χ4n) is 2.30. The van der Waals surface area contributed by atoms with Gasteiger partial charge in [0.1, 0.15) is 0 Å². The van der Waals surface area contributed by atoms with Gasteiger partial charge in [-0.25, -0.2) is 4.68 Å². The van der Waals surface area contributed by atoms with Gasteiger partial charge >= 0.3 is 0 Å². The lowest BCUT2D eigenvalue weighted by molar-refractivity contribution is 0.186. The van der Waals surface area contributed by atoms with E-state index < -0.39 is 0 Å². The van der Waals surface area contributed by atoms with Gasteiger partial charge in [-0.3, -0.25) is 0 Å². The first-order valence-electron chi connectivity index (χ1n) is 6.65. The highest BCUT2D eigenvalue weighted by atomic mass is 15.4. The summed E-state index contributed by atoms with van der Waals surface area (Å²) < 4.78 is 2.08. The molecule has 1 aliphatic rings. The van der Waals surface area contributed by atoms with E-state index in [9.17, 15) is 0 Å². The van der Waals surface area contributed by atoms with Gasteiger partial charge in [0.15, 0.2) is 0 Å². The number of hydrogen-bond donors (Lipinski definition) is 0. The van der Waals surface area contributed by atoms with Gasteiger partial charge in [-0.2, -0.15) is 0 Å². The molecule has 96 valence electrons. The molecular formula is C13H24N4. The molecule has 0 unspecified atom stereocenters. The summed E-state index contributed by atoms with van der Waals surface area (Å²) in [5.74, 6) is 0. The van der Waals surface area contributed by atoms with Crippen LogP contribution >= 0.6 is 0 Å². The fourth-order valence-corrected chi connectivity index (χ4v) is 2.30. The zero-order valence-corrected chi connectivity index (χ0v) is 11.5. The summed E-state index contributed by atoms with van der Waals surface area (Å²) in [5.41, 5.74) is 1.19. The number of hydrogen-bond acceptors (Lipinski definition) is 3. The first kappa shape index (κ1) is 12.6. The van der Waals surface area contributed by atoms with Crippen LogP contribution in [0, 0.1) is 0 Å². The third-order valence-electron chi connectivity index (χ3n) is 3.66. The second kappa shape index (κ2) is 4.77. The van der Waals surface area contributed by atoms with E-state index in [1.54, 1.807) is 0 Å². The smallest absolute Gasteiger partial charge is 0.0880 e. The Morgan fingerprint density at radius 3 is 2.41 bits per heavy atom. The van der Waals surface area contributed by atoms with Crippen molar-refractivity contribution in [2.45, 2.75) is 52.0 Å². The third-order valence-corrected chi connectivity index (χ3v) is 3.66. The van der Waals surface area contributed by atoms with Gasteiger partial charge in [0.05, 0.1) is 11.7 Å². The molecule has 0 amide bonds. The van der Waals surface area contributed by atoms with Crippen molar-refractivity contribution >= 4 is 0 Å². The maximum absolute atomic E-state index is 4.31. The molecule has 1 aliphatic heterocycles. The molecule has 1 aromatic rings. The summed E-state index contributed by atoms with van der Waals surface area (Å²) in [6.07, 6.45) is 4.52. The van der Waals surface area contributed by atoms with Gasteiger partial charge in [-0.15, -0.1) is 5.10 Å². The molecule has 0 N–H and O–H groups in total. The molecule has 0 aromatic carbocycles. The van der Waals surface area contributed by atoms with Crippen LogP contribution in [0.15, 0.2) is 6.20 Å². The molecule has 0 radical (unpaired) electrons. The van der Waals surface area contributed by atoms with Gasteiger partial charge < -0.3 is 4.90 Å². The van der Waals surface area contributed by atoms with Gasteiger partial charge in [0, 0.05) is 24.7 Å². The Hall–Kier alpha value is -0.900. The van der Waals surface area contributed by atoms with Crippen LogP contribution in [0.1, 0.15) is 52.3 Å². The molecule has 2 heterocycles. The lowest BCUT2D eigenvalue weighted by Gasteiger charge is -2.30. The molecule has 0 atom stereocenters. The summed E-state index contributed by atoms with van der Waals surface area (Å²) in [5, 5.41) is 8.61. The molecular weight excluding hydrogens is 212 g/mol. The summed E-state index contributed by atoms with van der Waals surface area (Å²) >= 11 is 0. The van der Waals surface area contributed by atoms with E-state index in [4.69, 9.17) is 0 Å². The van der Waals surface area contributed by atoms with Gasteiger partial charge in [0.2, 0.25) is 0 Å². The Morgan fingerprint density at radius 2 is 1.94 bits per heavy atom. The lowest BCUT2D eigenvalue weighted by atomic mass is 9.93. The lowest BCUT2D eigenvalue weighted by Crippen LogP contribution is -2.34. The minimum atomic E-state index is 0.0996. The third kappa shape index (κ3) is 2.86. The second-order valence-electron chi connectivity index (χ2n) is 6.00. The van der Waals surface area contributed by atoms with E-state index in [1.807, 2.05) is 0 Å². The first-order chi connectivity index (χ1) is 8.00. The summed E-state index contributed by atoms with van der Waals surface area (Å²) in [7, 11) is 0. The summed E-state index contributed by atoms with van der Waals surface area (Å²) in [4.78, 5) is 2.50. The largest absolute Gasteiger partial charge is 0.303 e. The quantitative estimate of drug-likeness (QED) is 0.789. The van der Waals surface area contributed by atoms with Crippen molar-refractivity contribution in [3.63, 3.8) is 0 Å². The van der Waals surface area contributed by atoms with Gasteiger partial charge in [0.25, 0.3) is 0 Å². The van der Waals surface area contributed by atoms with Crippen molar-refractivity contribution in [1.29, 1.82) is 0 Å². The molecule has 1 aromatic heterocycles. The molecule has 17 heavy (non-hydrogen) atoms. The van der Waals surface area contributed by atoms with Crippen LogP contribution in [0.5, 0.6) is 0 Å². The zero-order valence-electron chi connectivity index (χ0n) is 11.5. The van der Waals surface area contributed by atoms with Crippen LogP contribution < -0.4 is 0 Å². The fraction of sp³-hybridized carbons (Fsp3) is 0.846. The Morgan fingerprint density at radius 1 is 1.29 bits per heavy atom. The highest BCUT2D eigenvalue weighted by molar-refractivity contribution is 5.06. The number of likely N-dealkylation sites (tertiary alicyclic amines) is 1. The van der Waals surface area contributed by atoms with Crippen molar-refractivity contribution in [1.82, 2.24) is 19.9 Å². The SMILES string of the molecule is CCN1CCC(n2cc(C(C)(C)C)nn2)CC1. The van der Waals surface area contributed by atoms with E-state index in [-0.39, 0.29) is 5.41 Å². The first-order valence-corrected chi connectivity index (χ1v) is 6.65. The summed E-state index contributed by atoms with van der Waals surface area (Å²) in [6, 6.07) is 0.543. The van der Waals surface area contributed by atoms with Crippen LogP contribution in [0.2, 0.25) is 0 Å². The topological polar surface area (TPSA) is 34.0 Å². The summed E-state index contributed by atoms with van der Waals surface area (Å²) in [6.45, 7) is 12.3. The van der Waals surface area contributed by atoms with Gasteiger partial charge in [-0.1, -0.05) is 32.9 Å². The molecule has 0 bridgehead atoms. The molecule has 0 spiro atoms. The van der Waals surface area contributed by atoms with Crippen molar-refractivity contribution < 1.29 is 0 Å². The molecule has 0 aliphatic carbocycles. The molecule has 1 fully saturated rings. The van der Waals surface area contributed by atoms with Crippen LogP contribution in [0.3, 0.4) is 0 Å². The van der Waals surface area contributed by atoms with E-state index >= 15 is 0 Å². The van der Waals surface area contributed by atoms with Gasteiger partial charge in [-0.05, 0) is 19.4 Å². The highest BCUT2D eigenvalue weighted by Gasteiger charge is 2.23. The van der Waals surface area contributed by atoms with Crippen molar-refractivity contribution in [3.8, 4) is 0 Å². The van der Waals surface area contributed by atoms with E-state index in [0.717, 1.165) is 12.2 Å². The molecule has 2 rings (SSSR count). The molecule has 4 heteroatoms. The molecule has 4 nitrogen and oxygen atoms in total. The van der Waals surface area contributed by atoms with Crippen LogP contribution in [0.25, 0.3) is 0 Å². The minimum Gasteiger partial charge on any atom is -0.303 e. The number of piperidine rings is 1. The van der Waals surface area contributed by atoms with Crippen LogP contribution in [0.4, 0.5) is 0 Å². The van der Waals surface area contributed by atoms with Crippen molar-refractivity contribution in [3.05, 3.63) is 11.9 Å². The average molecular weight is 236 g/mol. The molecule has 0 saturated carbocycles. The Labute approximate surface area is 104 Å². The zero-order chi connectivity index (χ0) is 12.5. The highest BCUT2D eigenvalue weighted by Crippen LogP contribution is 2.24. The van der Waals surface area contributed by atoms with E-state index in [0.29, 0.717) is 6.04 Å². The maximum atomic E-state index is 4.31. The maximum Gasteiger partial charge on any atom is 0.0880 e. The number of rotatable bonds is 2. The van der Waals surface area contributed by atoms with E-state index in [1.165, 1.54) is 25.9 Å². The Bertz CT molecular complexity index is 356. The molecule has 1 saturated heterocycles. The Balaban J connectivity index is 2.02. The predicted octanol–water partition coefficient (Wildman–Crippen LogP) is 2.23. The monoisotopic (exact) mass is 236 g/mol. The van der Waals surface area contributed by atoms with Crippen molar-refractivity contribution in [2.24, 2.45) is 0 Å². The average Bonchev–Trinajstić information content (AvgIpc) is 2.78. The second-order valence-corrected chi connectivity index (χ2v) is 6.00. The minimum absolute atomic E-state index is 0.0996. The normalized spacial score (nSPS) is 19.8. The van der Waals surface area contributed by atoms with Crippen LogP contribution in [-0.2, 0) is 5.41 Å². The number of aromatic nitrogens is 3. The Kier molecular flexibility index (Phi) is 3.52. The van der Waals surface area contributed by atoms with Crippen molar-refractivity contribution in [2.75, 3.05) is 19.6 Å². The standard InChI is InChI=1S/C13H24N4/c1-5-16-8-6-11(7-9-16)17-10-12(14-15-17)13(2,3)4/h10-11H,5-9H2,1-4H3.